The predicted octanol–water partition coefficient (Wildman–Crippen LogP) is 3.15. The molecule has 2 fully saturated rings. The summed E-state index contributed by atoms with van der Waals surface area (Å²) in [7, 11) is 0. The maximum absolute atomic E-state index is 6.35. The molecule has 0 aliphatic carbocycles. The lowest BCUT2D eigenvalue weighted by Crippen LogP contribution is -2.38. The molecule has 0 amide bonds. The molecule has 0 saturated carbocycles. The number of rotatable bonds is 1. The van der Waals surface area contributed by atoms with Crippen LogP contribution in [-0.4, -0.2) is 21.6 Å². The Bertz CT molecular complexity index is 580. The zero-order chi connectivity index (χ0) is 12.1. The summed E-state index contributed by atoms with van der Waals surface area (Å²) in [5, 5.41) is 4.31. The van der Waals surface area contributed by atoms with Crippen molar-refractivity contribution in [1.82, 2.24) is 14.9 Å². The van der Waals surface area contributed by atoms with Crippen molar-refractivity contribution in [3.8, 4) is 0 Å². The van der Waals surface area contributed by atoms with Crippen LogP contribution in [0.15, 0.2) is 24.3 Å². The van der Waals surface area contributed by atoms with Gasteiger partial charge in [-0.3, -0.25) is 0 Å². The molecule has 1 aromatic heterocycles. The van der Waals surface area contributed by atoms with E-state index in [1.165, 1.54) is 31.2 Å². The van der Waals surface area contributed by atoms with Gasteiger partial charge in [-0.25, -0.2) is 4.98 Å². The summed E-state index contributed by atoms with van der Waals surface area (Å²) in [6.07, 6.45) is 4.98. The molecule has 1 aromatic carbocycles. The molecule has 2 aromatic rings. The second-order valence-electron chi connectivity index (χ2n) is 5.50. The molecule has 3 heterocycles. The Balaban J connectivity index is 1.80. The molecule has 0 spiro atoms. The molecule has 4 heteroatoms. The average molecular weight is 262 g/mol. The minimum absolute atomic E-state index is 0.503. The number of aromatic nitrogens is 2. The van der Waals surface area contributed by atoms with Gasteiger partial charge < -0.3 is 9.88 Å². The molecule has 94 valence electrons. The van der Waals surface area contributed by atoms with Crippen molar-refractivity contribution in [3.05, 3.63) is 29.5 Å². The predicted molar refractivity (Wildman–Crippen MR) is 73.0 cm³/mol. The number of para-hydroxylation sites is 2. The van der Waals surface area contributed by atoms with E-state index in [1.54, 1.807) is 0 Å². The first-order chi connectivity index (χ1) is 8.81. The van der Waals surface area contributed by atoms with E-state index < -0.39 is 0 Å². The second kappa shape index (κ2) is 3.97. The molecule has 4 rings (SSSR count). The first kappa shape index (κ1) is 10.8. The average Bonchev–Trinajstić information content (AvgIpc) is 2.88. The highest BCUT2D eigenvalue weighted by Crippen LogP contribution is 2.37. The van der Waals surface area contributed by atoms with Gasteiger partial charge in [0, 0.05) is 18.1 Å². The minimum atomic E-state index is 0.503. The number of nitrogens with one attached hydrogen (secondary N) is 1. The number of halogens is 1. The number of hydrogen-bond donors (Lipinski definition) is 1. The van der Waals surface area contributed by atoms with E-state index in [0.29, 0.717) is 23.4 Å². The molecule has 3 atom stereocenters. The SMILES string of the molecule is Clc1nc2ccccc2n1[C@H]1C[C@H]2CC[C@@H](C1)N2. The van der Waals surface area contributed by atoms with Crippen LogP contribution >= 0.6 is 11.6 Å². The van der Waals surface area contributed by atoms with Crippen molar-refractivity contribution < 1.29 is 0 Å². The fourth-order valence-electron chi connectivity index (χ4n) is 3.60. The highest BCUT2D eigenvalue weighted by atomic mass is 35.5. The Morgan fingerprint density at radius 2 is 1.89 bits per heavy atom. The standard InChI is InChI=1S/C14H16ClN3/c15-14-17-12-3-1-2-4-13(12)18(14)11-7-9-5-6-10(8-11)16-9/h1-4,9-11,16H,5-8H2/t9-,10+,11+. The van der Waals surface area contributed by atoms with E-state index in [2.05, 4.69) is 27.0 Å². The maximum atomic E-state index is 6.35. The van der Waals surface area contributed by atoms with E-state index in [9.17, 15) is 0 Å². The lowest BCUT2D eigenvalue weighted by atomic mass is 9.99. The van der Waals surface area contributed by atoms with Crippen LogP contribution in [0.4, 0.5) is 0 Å². The molecule has 18 heavy (non-hydrogen) atoms. The minimum Gasteiger partial charge on any atom is -0.311 e. The summed E-state index contributed by atoms with van der Waals surface area (Å²) in [5.74, 6) is 0. The molecule has 1 N–H and O–H groups in total. The van der Waals surface area contributed by atoms with Crippen LogP contribution in [0.2, 0.25) is 5.28 Å². The Labute approximate surface area is 111 Å². The van der Waals surface area contributed by atoms with Crippen molar-refractivity contribution in [2.24, 2.45) is 0 Å². The van der Waals surface area contributed by atoms with Gasteiger partial charge in [-0.2, -0.15) is 0 Å². The quantitative estimate of drug-likeness (QED) is 0.855. The zero-order valence-electron chi connectivity index (χ0n) is 10.1. The molecule has 2 saturated heterocycles. The first-order valence-electron chi connectivity index (χ1n) is 6.70. The van der Waals surface area contributed by atoms with Crippen molar-refractivity contribution in [1.29, 1.82) is 0 Å². The van der Waals surface area contributed by atoms with Crippen molar-refractivity contribution in [3.63, 3.8) is 0 Å². The van der Waals surface area contributed by atoms with Gasteiger partial charge in [-0.15, -0.1) is 0 Å². The van der Waals surface area contributed by atoms with Gasteiger partial charge in [0.25, 0.3) is 0 Å². The first-order valence-corrected chi connectivity index (χ1v) is 7.07. The van der Waals surface area contributed by atoms with E-state index in [0.717, 1.165) is 5.52 Å². The van der Waals surface area contributed by atoms with Crippen molar-refractivity contribution in [2.75, 3.05) is 0 Å². The van der Waals surface area contributed by atoms with Crippen LogP contribution in [0, 0.1) is 0 Å². The van der Waals surface area contributed by atoms with Crippen molar-refractivity contribution in [2.45, 2.75) is 43.8 Å². The fraction of sp³-hybridized carbons (Fsp3) is 0.500. The van der Waals surface area contributed by atoms with Gasteiger partial charge in [-0.05, 0) is 49.4 Å². The van der Waals surface area contributed by atoms with Crippen LogP contribution < -0.4 is 5.32 Å². The molecule has 0 unspecified atom stereocenters. The third kappa shape index (κ3) is 1.57. The molecular weight excluding hydrogens is 246 g/mol. The summed E-state index contributed by atoms with van der Waals surface area (Å²) in [6, 6.07) is 10.1. The molecular formula is C14H16ClN3. The van der Waals surface area contributed by atoms with Gasteiger partial charge in [-0.1, -0.05) is 12.1 Å². The third-order valence-electron chi connectivity index (χ3n) is 4.37. The van der Waals surface area contributed by atoms with Crippen LogP contribution in [0.3, 0.4) is 0 Å². The largest absolute Gasteiger partial charge is 0.311 e. The topological polar surface area (TPSA) is 29.9 Å². The Morgan fingerprint density at radius 3 is 2.67 bits per heavy atom. The summed E-state index contributed by atoms with van der Waals surface area (Å²) in [6.45, 7) is 0. The van der Waals surface area contributed by atoms with Gasteiger partial charge >= 0.3 is 0 Å². The van der Waals surface area contributed by atoms with Crippen LogP contribution in [-0.2, 0) is 0 Å². The zero-order valence-corrected chi connectivity index (χ0v) is 10.9. The molecule has 3 nitrogen and oxygen atoms in total. The van der Waals surface area contributed by atoms with Gasteiger partial charge in [0.15, 0.2) is 0 Å². The molecule has 2 bridgehead atoms. The van der Waals surface area contributed by atoms with E-state index in [-0.39, 0.29) is 0 Å². The van der Waals surface area contributed by atoms with Gasteiger partial charge in [0.1, 0.15) is 0 Å². The Kier molecular flexibility index (Phi) is 2.39. The Morgan fingerprint density at radius 1 is 1.17 bits per heavy atom. The summed E-state index contributed by atoms with van der Waals surface area (Å²) in [4.78, 5) is 4.47. The van der Waals surface area contributed by atoms with E-state index in [4.69, 9.17) is 11.6 Å². The van der Waals surface area contributed by atoms with E-state index in [1.807, 2.05) is 12.1 Å². The smallest absolute Gasteiger partial charge is 0.204 e. The normalized spacial score (nSPS) is 31.1. The van der Waals surface area contributed by atoms with Gasteiger partial charge in [0.2, 0.25) is 5.28 Å². The monoisotopic (exact) mass is 261 g/mol. The number of hydrogen-bond acceptors (Lipinski definition) is 2. The van der Waals surface area contributed by atoms with E-state index >= 15 is 0 Å². The summed E-state index contributed by atoms with van der Waals surface area (Å²) < 4.78 is 2.24. The number of nitrogens with zero attached hydrogens (tertiary/aromatic N) is 2. The summed E-state index contributed by atoms with van der Waals surface area (Å²) >= 11 is 6.35. The summed E-state index contributed by atoms with van der Waals surface area (Å²) in [5.41, 5.74) is 2.18. The molecule has 0 radical (unpaired) electrons. The third-order valence-corrected chi connectivity index (χ3v) is 4.63. The van der Waals surface area contributed by atoms with Crippen LogP contribution in [0.5, 0.6) is 0 Å². The van der Waals surface area contributed by atoms with Gasteiger partial charge in [0.05, 0.1) is 11.0 Å². The number of piperidine rings is 1. The number of imidazole rings is 1. The maximum Gasteiger partial charge on any atom is 0.204 e. The number of benzene rings is 1. The molecule has 2 aliphatic heterocycles. The lowest BCUT2D eigenvalue weighted by molar-refractivity contribution is 0.303. The molecule has 2 aliphatic rings. The second-order valence-corrected chi connectivity index (χ2v) is 5.84. The van der Waals surface area contributed by atoms with Crippen molar-refractivity contribution >= 4 is 22.6 Å². The fourth-order valence-corrected chi connectivity index (χ4v) is 3.92. The lowest BCUT2D eigenvalue weighted by Gasteiger charge is -2.30. The highest BCUT2D eigenvalue weighted by Gasteiger charge is 2.35. The Hall–Kier alpha value is -1.06. The number of fused-ring (bicyclic) bond motifs is 3. The highest BCUT2D eigenvalue weighted by molar-refractivity contribution is 6.29. The van der Waals surface area contributed by atoms with Crippen LogP contribution in [0.25, 0.3) is 11.0 Å². The van der Waals surface area contributed by atoms with Crippen LogP contribution in [0.1, 0.15) is 31.7 Å².